The Kier molecular flexibility index (Phi) is 6.66. The average molecular weight is 364 g/mol. The number of amides is 1. The van der Waals surface area contributed by atoms with E-state index in [4.69, 9.17) is 4.74 Å². The minimum Gasteiger partial charge on any atom is -0.494 e. The molecule has 0 spiro atoms. The highest BCUT2D eigenvalue weighted by Gasteiger charge is 2.19. The van der Waals surface area contributed by atoms with Crippen molar-refractivity contribution in [2.45, 2.75) is 20.4 Å². The zero-order valence-electron chi connectivity index (χ0n) is 16.2. The van der Waals surface area contributed by atoms with Crippen molar-refractivity contribution in [1.82, 2.24) is 9.80 Å². The van der Waals surface area contributed by atoms with Gasteiger partial charge in [0.15, 0.2) is 0 Å². The third kappa shape index (κ3) is 5.69. The highest BCUT2D eigenvalue weighted by atomic mass is 16.5. The average Bonchev–Trinajstić information content (AvgIpc) is 2.68. The van der Waals surface area contributed by atoms with Crippen LogP contribution >= 0.6 is 0 Å². The molecule has 0 bridgehead atoms. The molecule has 1 amide bonds. The van der Waals surface area contributed by atoms with Gasteiger partial charge in [0.05, 0.1) is 6.61 Å². The van der Waals surface area contributed by atoms with Crippen molar-refractivity contribution >= 4 is 12.0 Å². The van der Waals surface area contributed by atoms with E-state index >= 15 is 0 Å². The van der Waals surface area contributed by atoms with Crippen LogP contribution in [0.2, 0.25) is 0 Å². The normalized spacial score (nSPS) is 15.3. The molecule has 27 heavy (non-hydrogen) atoms. The third-order valence-corrected chi connectivity index (χ3v) is 4.78. The van der Waals surface area contributed by atoms with Crippen molar-refractivity contribution in [2.24, 2.45) is 0 Å². The van der Waals surface area contributed by atoms with Crippen molar-refractivity contribution in [3.8, 4) is 5.75 Å². The quantitative estimate of drug-likeness (QED) is 0.732. The molecule has 1 heterocycles. The van der Waals surface area contributed by atoms with Gasteiger partial charge in [-0.15, -0.1) is 0 Å². The molecule has 1 fully saturated rings. The van der Waals surface area contributed by atoms with E-state index in [1.807, 2.05) is 42.2 Å². The summed E-state index contributed by atoms with van der Waals surface area (Å²) in [5.74, 6) is 0.935. The van der Waals surface area contributed by atoms with Crippen LogP contribution in [0, 0.1) is 6.92 Å². The van der Waals surface area contributed by atoms with Gasteiger partial charge in [0.2, 0.25) is 5.91 Å². The minimum absolute atomic E-state index is 0.0825. The van der Waals surface area contributed by atoms with Gasteiger partial charge < -0.3 is 9.64 Å². The number of rotatable bonds is 6. The second-order valence-electron chi connectivity index (χ2n) is 6.93. The Morgan fingerprint density at radius 1 is 1.07 bits per heavy atom. The van der Waals surface area contributed by atoms with Crippen LogP contribution in [0.1, 0.15) is 23.6 Å². The van der Waals surface area contributed by atoms with Crippen LogP contribution in [-0.2, 0) is 11.3 Å². The molecular weight excluding hydrogens is 336 g/mol. The zero-order valence-corrected chi connectivity index (χ0v) is 16.2. The molecule has 0 unspecified atom stereocenters. The number of piperazine rings is 1. The van der Waals surface area contributed by atoms with Gasteiger partial charge in [-0.2, -0.15) is 0 Å². The lowest BCUT2D eigenvalue weighted by Crippen LogP contribution is -2.47. The van der Waals surface area contributed by atoms with E-state index in [-0.39, 0.29) is 5.91 Å². The van der Waals surface area contributed by atoms with Crippen molar-refractivity contribution in [2.75, 3.05) is 32.8 Å². The molecule has 2 aromatic rings. The highest BCUT2D eigenvalue weighted by molar-refractivity contribution is 5.91. The summed E-state index contributed by atoms with van der Waals surface area (Å²) in [4.78, 5) is 16.8. The van der Waals surface area contributed by atoms with Crippen molar-refractivity contribution in [1.29, 1.82) is 0 Å². The molecule has 1 saturated heterocycles. The van der Waals surface area contributed by atoms with Crippen LogP contribution in [-0.4, -0.2) is 48.5 Å². The molecular formula is C23H28N2O2. The maximum absolute atomic E-state index is 12.4. The van der Waals surface area contributed by atoms with Gasteiger partial charge in [-0.3, -0.25) is 9.69 Å². The fourth-order valence-corrected chi connectivity index (χ4v) is 3.31. The zero-order chi connectivity index (χ0) is 19.1. The Morgan fingerprint density at radius 3 is 2.48 bits per heavy atom. The summed E-state index contributed by atoms with van der Waals surface area (Å²) in [6.45, 7) is 9.07. The molecule has 0 saturated carbocycles. The van der Waals surface area contributed by atoms with E-state index < -0.39 is 0 Å². The van der Waals surface area contributed by atoms with E-state index in [2.05, 4.69) is 36.1 Å². The lowest BCUT2D eigenvalue weighted by molar-refractivity contribution is -0.127. The van der Waals surface area contributed by atoms with Crippen LogP contribution < -0.4 is 4.74 Å². The summed E-state index contributed by atoms with van der Waals surface area (Å²) in [6, 6.07) is 16.4. The first-order valence-electron chi connectivity index (χ1n) is 9.62. The SMILES string of the molecule is CCOc1ccc(/C=C/C(=O)N2CCN(Cc3cccc(C)c3)CC2)cc1. The third-order valence-electron chi connectivity index (χ3n) is 4.78. The van der Waals surface area contributed by atoms with Crippen LogP contribution in [0.15, 0.2) is 54.6 Å². The maximum atomic E-state index is 12.4. The van der Waals surface area contributed by atoms with Crippen LogP contribution in [0.4, 0.5) is 0 Å². The number of carbonyl (C=O) groups is 1. The molecule has 0 N–H and O–H groups in total. The second-order valence-corrected chi connectivity index (χ2v) is 6.93. The molecule has 0 aliphatic carbocycles. The molecule has 0 aromatic heterocycles. The van der Waals surface area contributed by atoms with Gasteiger partial charge in [-0.25, -0.2) is 0 Å². The number of aryl methyl sites for hydroxylation is 1. The number of nitrogens with zero attached hydrogens (tertiary/aromatic N) is 2. The van der Waals surface area contributed by atoms with Crippen LogP contribution in [0.25, 0.3) is 6.08 Å². The fourth-order valence-electron chi connectivity index (χ4n) is 3.31. The van der Waals surface area contributed by atoms with E-state index in [0.29, 0.717) is 6.61 Å². The lowest BCUT2D eigenvalue weighted by atomic mass is 10.1. The van der Waals surface area contributed by atoms with Gasteiger partial charge in [0, 0.05) is 38.8 Å². The van der Waals surface area contributed by atoms with E-state index in [1.165, 1.54) is 11.1 Å². The van der Waals surface area contributed by atoms with Gasteiger partial charge in [-0.1, -0.05) is 42.0 Å². The number of hydrogen-bond donors (Lipinski definition) is 0. The summed E-state index contributed by atoms with van der Waals surface area (Å²) in [6.07, 6.45) is 3.54. The first-order chi connectivity index (χ1) is 13.1. The first-order valence-corrected chi connectivity index (χ1v) is 9.62. The molecule has 2 aromatic carbocycles. The highest BCUT2D eigenvalue weighted by Crippen LogP contribution is 2.14. The summed E-state index contributed by atoms with van der Waals surface area (Å²) < 4.78 is 5.44. The predicted octanol–water partition coefficient (Wildman–Crippen LogP) is 3.75. The van der Waals surface area contributed by atoms with Crippen molar-refractivity contribution in [3.05, 3.63) is 71.3 Å². The summed E-state index contributed by atoms with van der Waals surface area (Å²) >= 11 is 0. The van der Waals surface area contributed by atoms with Gasteiger partial charge in [0.1, 0.15) is 5.75 Å². The lowest BCUT2D eigenvalue weighted by Gasteiger charge is -2.34. The number of benzene rings is 2. The molecule has 0 atom stereocenters. The van der Waals surface area contributed by atoms with Crippen molar-refractivity contribution in [3.63, 3.8) is 0 Å². The van der Waals surface area contributed by atoms with Crippen LogP contribution in [0.5, 0.6) is 5.75 Å². The predicted molar refractivity (Wildman–Crippen MR) is 110 cm³/mol. The standard InChI is InChI=1S/C23H28N2O2/c1-3-27-22-10-7-20(8-11-22)9-12-23(26)25-15-13-24(14-16-25)18-21-6-4-5-19(2)17-21/h4-12,17H,3,13-16,18H2,1-2H3/b12-9+. The Hall–Kier alpha value is -2.59. The number of hydrogen-bond acceptors (Lipinski definition) is 3. The van der Waals surface area contributed by atoms with E-state index in [9.17, 15) is 4.79 Å². The number of ether oxygens (including phenoxy) is 1. The largest absolute Gasteiger partial charge is 0.494 e. The van der Waals surface area contributed by atoms with Crippen molar-refractivity contribution < 1.29 is 9.53 Å². The van der Waals surface area contributed by atoms with Gasteiger partial charge in [0.25, 0.3) is 0 Å². The molecule has 3 rings (SSSR count). The number of carbonyl (C=O) groups excluding carboxylic acids is 1. The Labute approximate surface area is 162 Å². The van der Waals surface area contributed by atoms with Gasteiger partial charge in [-0.05, 0) is 43.2 Å². The Balaban J connectivity index is 1.48. The monoisotopic (exact) mass is 364 g/mol. The molecule has 142 valence electrons. The Morgan fingerprint density at radius 2 is 1.81 bits per heavy atom. The minimum atomic E-state index is 0.0825. The van der Waals surface area contributed by atoms with E-state index in [0.717, 1.165) is 44.0 Å². The van der Waals surface area contributed by atoms with E-state index in [1.54, 1.807) is 6.08 Å². The fraction of sp³-hybridized carbons (Fsp3) is 0.348. The molecule has 1 aliphatic heterocycles. The Bertz CT molecular complexity index is 775. The smallest absolute Gasteiger partial charge is 0.246 e. The topological polar surface area (TPSA) is 32.8 Å². The molecule has 0 radical (unpaired) electrons. The van der Waals surface area contributed by atoms with Gasteiger partial charge >= 0.3 is 0 Å². The molecule has 4 heteroatoms. The maximum Gasteiger partial charge on any atom is 0.246 e. The summed E-state index contributed by atoms with van der Waals surface area (Å²) in [5, 5.41) is 0. The molecule has 1 aliphatic rings. The summed E-state index contributed by atoms with van der Waals surface area (Å²) in [5.41, 5.74) is 3.63. The molecule has 4 nitrogen and oxygen atoms in total. The summed E-state index contributed by atoms with van der Waals surface area (Å²) in [7, 11) is 0. The second kappa shape index (κ2) is 9.38. The van der Waals surface area contributed by atoms with Crippen LogP contribution in [0.3, 0.4) is 0 Å². The first kappa shape index (κ1) is 19.2.